The van der Waals surface area contributed by atoms with Gasteiger partial charge in [0.15, 0.2) is 0 Å². The summed E-state index contributed by atoms with van der Waals surface area (Å²) in [6.45, 7) is 2.50. The summed E-state index contributed by atoms with van der Waals surface area (Å²) >= 11 is 0. The molecule has 4 nitrogen and oxygen atoms in total. The molecule has 2 amide bonds. The summed E-state index contributed by atoms with van der Waals surface area (Å²) in [5.41, 5.74) is 3.31. The van der Waals surface area contributed by atoms with Crippen molar-refractivity contribution in [2.75, 3.05) is 19.6 Å². The third-order valence-electron chi connectivity index (χ3n) is 6.36. The van der Waals surface area contributed by atoms with E-state index in [0.717, 1.165) is 63.6 Å². The molecule has 1 N–H and O–H groups in total. The molecule has 0 aromatic heterocycles. The van der Waals surface area contributed by atoms with Gasteiger partial charge in [-0.15, -0.1) is 0 Å². The van der Waals surface area contributed by atoms with Crippen LogP contribution in [-0.2, 0) is 17.6 Å². The normalized spacial score (nSPS) is 17.0. The van der Waals surface area contributed by atoms with Gasteiger partial charge in [-0.25, -0.2) is 0 Å². The first-order valence-electron chi connectivity index (χ1n) is 11.4. The lowest BCUT2D eigenvalue weighted by molar-refractivity contribution is -0.133. The molecular weight excluding hydrogens is 372 g/mol. The van der Waals surface area contributed by atoms with Crippen LogP contribution in [-0.4, -0.2) is 36.3 Å². The summed E-state index contributed by atoms with van der Waals surface area (Å²) in [7, 11) is 0. The number of amides is 2. The minimum Gasteiger partial charge on any atom is -0.352 e. The molecule has 2 aromatic rings. The van der Waals surface area contributed by atoms with E-state index >= 15 is 0 Å². The lowest BCUT2D eigenvalue weighted by Gasteiger charge is -2.32. The summed E-state index contributed by atoms with van der Waals surface area (Å²) in [6, 6.07) is 18.4. The van der Waals surface area contributed by atoms with Crippen LogP contribution in [0.2, 0.25) is 0 Å². The van der Waals surface area contributed by atoms with Gasteiger partial charge in [-0.05, 0) is 74.1 Å². The molecule has 1 saturated heterocycles. The SMILES string of the molecule is O=C(NCCCc1ccccc1)c1ccc(CC2CCN(C(=O)C3CC3)CC2)cc1. The minimum absolute atomic E-state index is 0.00140. The molecule has 1 aliphatic heterocycles. The Bertz CT molecular complexity index is 835. The first-order valence-corrected chi connectivity index (χ1v) is 11.4. The number of aryl methyl sites for hydroxylation is 1. The van der Waals surface area contributed by atoms with Crippen molar-refractivity contribution in [2.45, 2.75) is 44.9 Å². The van der Waals surface area contributed by atoms with Gasteiger partial charge in [-0.1, -0.05) is 42.5 Å². The van der Waals surface area contributed by atoms with Crippen molar-refractivity contribution >= 4 is 11.8 Å². The van der Waals surface area contributed by atoms with E-state index in [-0.39, 0.29) is 5.91 Å². The number of carbonyl (C=O) groups is 2. The Kier molecular flexibility index (Phi) is 6.83. The number of piperidine rings is 1. The molecular formula is C26H32N2O2. The zero-order chi connectivity index (χ0) is 20.8. The highest BCUT2D eigenvalue weighted by molar-refractivity contribution is 5.94. The fraction of sp³-hybridized carbons (Fsp3) is 0.462. The molecule has 2 fully saturated rings. The number of likely N-dealkylation sites (tertiary alicyclic amines) is 1. The van der Waals surface area contributed by atoms with Gasteiger partial charge in [-0.2, -0.15) is 0 Å². The van der Waals surface area contributed by atoms with Gasteiger partial charge >= 0.3 is 0 Å². The number of nitrogens with zero attached hydrogens (tertiary/aromatic N) is 1. The van der Waals surface area contributed by atoms with Crippen LogP contribution in [0.4, 0.5) is 0 Å². The summed E-state index contributed by atoms with van der Waals surface area (Å²) < 4.78 is 0. The third-order valence-corrected chi connectivity index (χ3v) is 6.36. The molecule has 0 radical (unpaired) electrons. The second-order valence-electron chi connectivity index (χ2n) is 8.79. The molecule has 0 unspecified atom stereocenters. The third kappa shape index (κ3) is 5.71. The molecule has 1 saturated carbocycles. The molecule has 4 heteroatoms. The van der Waals surface area contributed by atoms with Crippen LogP contribution >= 0.6 is 0 Å². The summed E-state index contributed by atoms with van der Waals surface area (Å²) in [5, 5.41) is 3.02. The van der Waals surface area contributed by atoms with E-state index in [1.54, 1.807) is 0 Å². The fourth-order valence-electron chi connectivity index (χ4n) is 4.31. The molecule has 4 rings (SSSR count). The Morgan fingerprint density at radius 3 is 2.23 bits per heavy atom. The predicted octanol–water partition coefficient (Wildman–Crippen LogP) is 4.24. The van der Waals surface area contributed by atoms with Gasteiger partial charge in [0.1, 0.15) is 0 Å². The summed E-state index contributed by atoms with van der Waals surface area (Å²) in [6.07, 6.45) is 7.30. The molecule has 0 bridgehead atoms. The highest BCUT2D eigenvalue weighted by Gasteiger charge is 2.34. The highest BCUT2D eigenvalue weighted by atomic mass is 16.2. The second kappa shape index (κ2) is 9.92. The molecule has 30 heavy (non-hydrogen) atoms. The van der Waals surface area contributed by atoms with Gasteiger partial charge in [0.2, 0.25) is 5.91 Å². The van der Waals surface area contributed by atoms with E-state index in [1.807, 2.05) is 30.3 Å². The lowest BCUT2D eigenvalue weighted by Crippen LogP contribution is -2.39. The van der Waals surface area contributed by atoms with E-state index in [9.17, 15) is 9.59 Å². The van der Waals surface area contributed by atoms with Crippen molar-refractivity contribution in [3.05, 3.63) is 71.3 Å². The molecule has 158 valence electrons. The monoisotopic (exact) mass is 404 g/mol. The molecule has 0 spiro atoms. The maximum absolute atomic E-state index is 12.4. The van der Waals surface area contributed by atoms with Crippen molar-refractivity contribution in [1.82, 2.24) is 10.2 Å². The maximum atomic E-state index is 12.4. The van der Waals surface area contributed by atoms with E-state index < -0.39 is 0 Å². The largest absolute Gasteiger partial charge is 0.352 e. The van der Waals surface area contributed by atoms with Crippen LogP contribution in [0.5, 0.6) is 0 Å². The minimum atomic E-state index is 0.00140. The van der Waals surface area contributed by atoms with Gasteiger partial charge < -0.3 is 10.2 Å². The van der Waals surface area contributed by atoms with Crippen molar-refractivity contribution in [3.8, 4) is 0 Å². The lowest BCUT2D eigenvalue weighted by atomic mass is 9.89. The van der Waals surface area contributed by atoms with Crippen molar-refractivity contribution in [2.24, 2.45) is 11.8 Å². The van der Waals surface area contributed by atoms with Gasteiger partial charge in [0.05, 0.1) is 0 Å². The van der Waals surface area contributed by atoms with Gasteiger partial charge in [0, 0.05) is 31.1 Å². The Hall–Kier alpha value is -2.62. The summed E-state index contributed by atoms with van der Waals surface area (Å²) in [5.74, 6) is 1.35. The van der Waals surface area contributed by atoms with Crippen LogP contribution in [0.15, 0.2) is 54.6 Å². The average molecular weight is 405 g/mol. The molecule has 1 aliphatic carbocycles. The van der Waals surface area contributed by atoms with Crippen LogP contribution in [0.1, 0.15) is 53.6 Å². The van der Waals surface area contributed by atoms with Crippen LogP contribution in [0.3, 0.4) is 0 Å². The first-order chi connectivity index (χ1) is 14.7. The van der Waals surface area contributed by atoms with E-state index in [2.05, 4.69) is 34.5 Å². The Morgan fingerprint density at radius 1 is 0.867 bits per heavy atom. The molecule has 1 heterocycles. The summed E-state index contributed by atoms with van der Waals surface area (Å²) in [4.78, 5) is 26.6. The van der Waals surface area contributed by atoms with Crippen LogP contribution in [0.25, 0.3) is 0 Å². The van der Waals surface area contributed by atoms with Crippen molar-refractivity contribution in [1.29, 1.82) is 0 Å². The van der Waals surface area contributed by atoms with Crippen LogP contribution in [0, 0.1) is 11.8 Å². The first kappa shape index (κ1) is 20.6. The molecule has 0 atom stereocenters. The topological polar surface area (TPSA) is 49.4 Å². The Morgan fingerprint density at radius 2 is 1.57 bits per heavy atom. The fourth-order valence-corrected chi connectivity index (χ4v) is 4.31. The highest BCUT2D eigenvalue weighted by Crippen LogP contribution is 2.32. The number of rotatable bonds is 8. The number of carbonyl (C=O) groups excluding carboxylic acids is 2. The Balaban J connectivity index is 1.17. The molecule has 2 aromatic carbocycles. The van der Waals surface area contributed by atoms with E-state index in [4.69, 9.17) is 0 Å². The van der Waals surface area contributed by atoms with E-state index in [1.165, 1.54) is 11.1 Å². The number of hydrogen-bond acceptors (Lipinski definition) is 2. The zero-order valence-corrected chi connectivity index (χ0v) is 17.7. The average Bonchev–Trinajstić information content (AvgIpc) is 3.63. The number of hydrogen-bond donors (Lipinski definition) is 1. The van der Waals surface area contributed by atoms with Crippen molar-refractivity contribution < 1.29 is 9.59 Å². The number of nitrogens with one attached hydrogen (secondary N) is 1. The van der Waals surface area contributed by atoms with Crippen LogP contribution < -0.4 is 5.32 Å². The second-order valence-corrected chi connectivity index (χ2v) is 8.79. The standard InChI is InChI=1S/C26H32N2O2/c29-25(27-16-4-7-20-5-2-1-3-6-20)23-10-8-21(9-11-23)19-22-14-17-28(18-15-22)26(30)24-12-13-24/h1-3,5-6,8-11,22,24H,4,7,12-19H2,(H,27,29). The quantitative estimate of drug-likeness (QED) is 0.669. The smallest absolute Gasteiger partial charge is 0.251 e. The number of benzene rings is 2. The zero-order valence-electron chi connectivity index (χ0n) is 17.7. The Labute approximate surface area is 179 Å². The van der Waals surface area contributed by atoms with Gasteiger partial charge in [0.25, 0.3) is 5.91 Å². The van der Waals surface area contributed by atoms with Gasteiger partial charge in [-0.3, -0.25) is 9.59 Å². The maximum Gasteiger partial charge on any atom is 0.251 e. The van der Waals surface area contributed by atoms with E-state index in [0.29, 0.717) is 24.3 Å². The molecule has 2 aliphatic rings. The van der Waals surface area contributed by atoms with Crippen molar-refractivity contribution in [3.63, 3.8) is 0 Å². The predicted molar refractivity (Wildman–Crippen MR) is 119 cm³/mol.